The predicted octanol–water partition coefficient (Wildman–Crippen LogP) is 1.05. The third-order valence-corrected chi connectivity index (χ3v) is 5.43. The summed E-state index contributed by atoms with van der Waals surface area (Å²) in [6.07, 6.45) is 0.352. The van der Waals surface area contributed by atoms with Gasteiger partial charge in [-0.2, -0.15) is 17.4 Å². The van der Waals surface area contributed by atoms with Gasteiger partial charge in [-0.3, -0.25) is 4.79 Å². The molecule has 1 atom stereocenters. The maximum absolute atomic E-state index is 12.2. The Kier molecular flexibility index (Phi) is 4.34. The number of nitrogens with one attached hydrogen (secondary N) is 1. The van der Waals surface area contributed by atoms with Crippen molar-refractivity contribution in [2.75, 3.05) is 13.1 Å². The van der Waals surface area contributed by atoms with Crippen LogP contribution in [-0.4, -0.2) is 42.4 Å². The number of carboxylic acids is 1. The predicted molar refractivity (Wildman–Crippen MR) is 72.9 cm³/mol. The molecule has 0 radical (unpaired) electrons. The molecule has 1 heterocycles. The first-order valence-corrected chi connectivity index (χ1v) is 7.87. The highest BCUT2D eigenvalue weighted by molar-refractivity contribution is 7.87. The van der Waals surface area contributed by atoms with E-state index in [-0.39, 0.29) is 19.0 Å². The Hall–Kier alpha value is -0.660. The van der Waals surface area contributed by atoms with Crippen LogP contribution in [0, 0.1) is 11.3 Å². The molecule has 7 heteroatoms. The van der Waals surface area contributed by atoms with Crippen LogP contribution < -0.4 is 4.72 Å². The number of carbonyl (C=O) groups is 1. The minimum Gasteiger partial charge on any atom is -0.481 e. The number of nitrogens with zero attached hydrogens (tertiary/aromatic N) is 1. The van der Waals surface area contributed by atoms with Gasteiger partial charge >= 0.3 is 5.97 Å². The second-order valence-electron chi connectivity index (χ2n) is 6.56. The summed E-state index contributed by atoms with van der Waals surface area (Å²) in [5.41, 5.74) is -1.56. The third-order valence-electron chi connectivity index (χ3n) is 3.57. The van der Waals surface area contributed by atoms with Crippen LogP contribution in [-0.2, 0) is 15.0 Å². The molecular formula is C12H24N2O4S. The Morgan fingerprint density at radius 3 is 2.21 bits per heavy atom. The molecular weight excluding hydrogens is 268 g/mol. The van der Waals surface area contributed by atoms with Gasteiger partial charge in [0.25, 0.3) is 10.2 Å². The zero-order chi connectivity index (χ0) is 15.1. The monoisotopic (exact) mass is 292 g/mol. The average Bonchev–Trinajstić information content (AvgIpc) is 2.59. The molecule has 0 aliphatic carbocycles. The lowest BCUT2D eigenvalue weighted by atomic mass is 9.77. The highest BCUT2D eigenvalue weighted by atomic mass is 32.2. The first-order valence-electron chi connectivity index (χ1n) is 6.43. The summed E-state index contributed by atoms with van der Waals surface area (Å²) in [5.74, 6) is -1.03. The van der Waals surface area contributed by atoms with Gasteiger partial charge in [-0.05, 0) is 33.1 Å². The van der Waals surface area contributed by atoms with Crippen molar-refractivity contribution in [2.45, 2.75) is 46.6 Å². The first-order chi connectivity index (χ1) is 8.41. The number of rotatable bonds is 4. The van der Waals surface area contributed by atoms with Gasteiger partial charge in [-0.1, -0.05) is 13.8 Å². The van der Waals surface area contributed by atoms with Crippen molar-refractivity contribution in [3.8, 4) is 0 Å². The summed E-state index contributed by atoms with van der Waals surface area (Å²) < 4.78 is 28.2. The van der Waals surface area contributed by atoms with Crippen LogP contribution in [0.4, 0.5) is 0 Å². The lowest BCUT2D eigenvalue weighted by Crippen LogP contribution is -2.49. The molecule has 0 aromatic carbocycles. The number of hydrogen-bond acceptors (Lipinski definition) is 3. The van der Waals surface area contributed by atoms with E-state index in [1.54, 1.807) is 20.8 Å². The molecule has 1 unspecified atom stereocenters. The molecule has 1 aliphatic heterocycles. The van der Waals surface area contributed by atoms with Crippen molar-refractivity contribution in [2.24, 2.45) is 11.3 Å². The Morgan fingerprint density at radius 2 is 1.89 bits per heavy atom. The number of aliphatic carboxylic acids is 1. The lowest BCUT2D eigenvalue weighted by Gasteiger charge is -2.29. The summed E-state index contributed by atoms with van der Waals surface area (Å²) in [4.78, 5) is 11.5. The molecule has 0 saturated carbocycles. The normalized spacial score (nSPS) is 26.0. The summed E-state index contributed by atoms with van der Waals surface area (Å²) in [5, 5.41) is 9.41. The van der Waals surface area contributed by atoms with Crippen molar-refractivity contribution in [1.29, 1.82) is 0 Å². The van der Waals surface area contributed by atoms with E-state index in [4.69, 9.17) is 0 Å². The van der Waals surface area contributed by atoms with Crippen LogP contribution >= 0.6 is 0 Å². The van der Waals surface area contributed by atoms with E-state index in [9.17, 15) is 18.3 Å². The fraction of sp³-hybridized carbons (Fsp3) is 0.917. The molecule has 1 fully saturated rings. The minimum absolute atomic E-state index is 0.0331. The second-order valence-corrected chi connectivity index (χ2v) is 8.23. The van der Waals surface area contributed by atoms with Gasteiger partial charge in [0, 0.05) is 18.6 Å². The zero-order valence-corrected chi connectivity index (χ0v) is 13.0. The van der Waals surface area contributed by atoms with Gasteiger partial charge in [0.2, 0.25) is 0 Å². The van der Waals surface area contributed by atoms with E-state index in [0.717, 1.165) is 0 Å². The Morgan fingerprint density at radius 1 is 1.37 bits per heavy atom. The third kappa shape index (κ3) is 3.46. The molecule has 112 valence electrons. The van der Waals surface area contributed by atoms with E-state index in [0.29, 0.717) is 6.42 Å². The first kappa shape index (κ1) is 16.4. The van der Waals surface area contributed by atoms with Gasteiger partial charge in [0.1, 0.15) is 0 Å². The van der Waals surface area contributed by atoms with Crippen LogP contribution in [0.2, 0.25) is 0 Å². The number of carboxylic acid groups (broad SMARTS) is 1. The maximum Gasteiger partial charge on any atom is 0.311 e. The summed E-state index contributed by atoms with van der Waals surface area (Å²) in [6.45, 7) is 9.19. The van der Waals surface area contributed by atoms with Crippen LogP contribution in [0.1, 0.15) is 41.0 Å². The Labute approximate surface area is 115 Å². The van der Waals surface area contributed by atoms with Gasteiger partial charge in [0.15, 0.2) is 0 Å². The molecule has 0 bridgehead atoms. The van der Waals surface area contributed by atoms with Gasteiger partial charge < -0.3 is 5.11 Å². The van der Waals surface area contributed by atoms with Crippen LogP contribution in [0.25, 0.3) is 0 Å². The molecule has 19 heavy (non-hydrogen) atoms. The highest BCUT2D eigenvalue weighted by Crippen LogP contribution is 2.39. The maximum atomic E-state index is 12.2. The van der Waals surface area contributed by atoms with Crippen molar-refractivity contribution < 1.29 is 18.3 Å². The Balaban J connectivity index is 2.95. The van der Waals surface area contributed by atoms with Crippen molar-refractivity contribution >= 4 is 16.2 Å². The molecule has 2 N–H and O–H groups in total. The fourth-order valence-electron chi connectivity index (χ4n) is 2.35. The van der Waals surface area contributed by atoms with Crippen LogP contribution in [0.15, 0.2) is 0 Å². The van der Waals surface area contributed by atoms with E-state index >= 15 is 0 Å². The lowest BCUT2D eigenvalue weighted by molar-refractivity contribution is -0.150. The van der Waals surface area contributed by atoms with Gasteiger partial charge in [-0.25, -0.2) is 0 Å². The van der Waals surface area contributed by atoms with Crippen LogP contribution in [0.3, 0.4) is 0 Å². The van der Waals surface area contributed by atoms with Crippen LogP contribution in [0.5, 0.6) is 0 Å². The molecule has 1 saturated heterocycles. The van der Waals surface area contributed by atoms with E-state index < -0.39 is 27.1 Å². The minimum atomic E-state index is -3.64. The van der Waals surface area contributed by atoms with E-state index in [2.05, 4.69) is 4.72 Å². The van der Waals surface area contributed by atoms with Crippen molar-refractivity contribution in [1.82, 2.24) is 9.03 Å². The molecule has 0 spiro atoms. The largest absolute Gasteiger partial charge is 0.481 e. The quantitative estimate of drug-likeness (QED) is 0.811. The summed E-state index contributed by atoms with van der Waals surface area (Å²) >= 11 is 0. The Bertz CT molecular complexity index is 453. The molecule has 0 amide bonds. The molecule has 0 aromatic heterocycles. The van der Waals surface area contributed by atoms with Crippen molar-refractivity contribution in [3.63, 3.8) is 0 Å². The summed E-state index contributed by atoms with van der Waals surface area (Å²) in [6, 6.07) is 0. The average molecular weight is 292 g/mol. The standard InChI is InChI=1S/C12H24N2O4S/c1-9(2)12(10(15)16)6-7-14(8-12)19(17,18)13-11(3,4)5/h9,13H,6-8H2,1-5H3,(H,15,16). The topological polar surface area (TPSA) is 86.7 Å². The van der Waals surface area contributed by atoms with Gasteiger partial charge in [-0.15, -0.1) is 0 Å². The van der Waals surface area contributed by atoms with Crippen molar-refractivity contribution in [3.05, 3.63) is 0 Å². The highest BCUT2D eigenvalue weighted by Gasteiger charge is 2.50. The fourth-order valence-corrected chi connectivity index (χ4v) is 3.98. The molecule has 1 rings (SSSR count). The van der Waals surface area contributed by atoms with E-state index in [1.165, 1.54) is 4.31 Å². The SMILES string of the molecule is CC(C)C1(C(=O)O)CCN(S(=O)(=O)NC(C)(C)C)C1. The molecule has 0 aromatic rings. The smallest absolute Gasteiger partial charge is 0.311 e. The molecule has 6 nitrogen and oxygen atoms in total. The second kappa shape index (κ2) is 5.03. The summed E-state index contributed by atoms with van der Waals surface area (Å²) in [7, 11) is -3.64. The molecule has 1 aliphatic rings. The zero-order valence-electron chi connectivity index (χ0n) is 12.2. The number of hydrogen-bond donors (Lipinski definition) is 2. The van der Waals surface area contributed by atoms with E-state index in [1.807, 2.05) is 13.8 Å². The van der Waals surface area contributed by atoms with Gasteiger partial charge in [0.05, 0.1) is 5.41 Å².